The number of hydrogen-bond acceptors (Lipinski definition) is 4. The zero-order valence-electron chi connectivity index (χ0n) is 15.7. The Morgan fingerprint density at radius 3 is 2.43 bits per heavy atom. The van der Waals surface area contributed by atoms with Gasteiger partial charge in [0.25, 0.3) is 5.56 Å². The average molecular weight is 374 g/mol. The van der Waals surface area contributed by atoms with Gasteiger partial charge in [0.05, 0.1) is 5.69 Å². The molecule has 1 atom stereocenters. The number of amides is 1. The third-order valence-corrected chi connectivity index (χ3v) is 4.94. The maximum atomic E-state index is 12.6. The number of aryl methyl sites for hydroxylation is 2. The van der Waals surface area contributed by atoms with Crippen molar-refractivity contribution in [3.63, 3.8) is 0 Å². The fourth-order valence-corrected chi connectivity index (χ4v) is 3.38. The molecule has 142 valence electrons. The maximum absolute atomic E-state index is 12.6. The van der Waals surface area contributed by atoms with Crippen molar-refractivity contribution in [1.82, 2.24) is 9.78 Å². The molecule has 6 heteroatoms. The molecule has 1 aliphatic carbocycles. The average Bonchev–Trinajstić information content (AvgIpc) is 3.16. The van der Waals surface area contributed by atoms with E-state index in [2.05, 4.69) is 15.7 Å². The molecule has 0 radical (unpaired) electrons. The molecule has 2 aromatic carbocycles. The highest BCUT2D eigenvalue weighted by Crippen LogP contribution is 2.20. The van der Waals surface area contributed by atoms with Gasteiger partial charge in [-0.05, 0) is 68.1 Å². The molecule has 28 heavy (non-hydrogen) atoms. The minimum Gasteiger partial charge on any atom is -0.356 e. The lowest BCUT2D eigenvalue weighted by atomic mass is 10.2. The maximum Gasteiger partial charge on any atom is 0.267 e. The van der Waals surface area contributed by atoms with Crippen molar-refractivity contribution in [3.05, 3.63) is 82.3 Å². The molecule has 0 bridgehead atoms. The second-order valence-electron chi connectivity index (χ2n) is 6.99. The molecule has 1 amide bonds. The van der Waals surface area contributed by atoms with E-state index in [4.69, 9.17) is 0 Å². The minimum atomic E-state index is -0.680. The first kappa shape index (κ1) is 18.0. The summed E-state index contributed by atoms with van der Waals surface area (Å²) in [5.74, 6) is -0.267. The Morgan fingerprint density at radius 2 is 1.68 bits per heavy atom. The van der Waals surface area contributed by atoms with Crippen LogP contribution in [-0.4, -0.2) is 15.7 Å². The lowest BCUT2D eigenvalue weighted by Gasteiger charge is -2.15. The molecular weight excluding hydrogens is 352 g/mol. The van der Waals surface area contributed by atoms with Gasteiger partial charge in [-0.15, -0.1) is 0 Å². The van der Waals surface area contributed by atoms with E-state index in [0.717, 1.165) is 41.9 Å². The van der Waals surface area contributed by atoms with Crippen LogP contribution in [0, 0.1) is 0 Å². The number of carbonyl (C=O) groups is 1. The van der Waals surface area contributed by atoms with Crippen LogP contribution in [-0.2, 0) is 17.6 Å². The Morgan fingerprint density at radius 1 is 1.00 bits per heavy atom. The van der Waals surface area contributed by atoms with E-state index >= 15 is 0 Å². The van der Waals surface area contributed by atoms with E-state index in [-0.39, 0.29) is 11.5 Å². The van der Waals surface area contributed by atoms with Crippen LogP contribution >= 0.6 is 0 Å². The lowest BCUT2D eigenvalue weighted by Crippen LogP contribution is -2.33. The smallest absolute Gasteiger partial charge is 0.267 e. The van der Waals surface area contributed by atoms with Crippen LogP contribution in [0.25, 0.3) is 0 Å². The number of para-hydroxylation sites is 1. The van der Waals surface area contributed by atoms with Crippen LogP contribution in [0.15, 0.2) is 65.5 Å². The monoisotopic (exact) mass is 374 g/mol. The number of nitrogens with one attached hydrogen (secondary N) is 2. The van der Waals surface area contributed by atoms with Gasteiger partial charge in [0, 0.05) is 23.1 Å². The molecular formula is C22H22N4O2. The molecule has 2 N–H and O–H groups in total. The fraction of sp³-hybridized carbons (Fsp3) is 0.227. The number of aromatic nitrogens is 2. The molecule has 1 unspecified atom stereocenters. The quantitative estimate of drug-likeness (QED) is 0.714. The van der Waals surface area contributed by atoms with Gasteiger partial charge in [0.1, 0.15) is 6.04 Å². The summed E-state index contributed by atoms with van der Waals surface area (Å²) < 4.78 is 1.28. The summed E-state index contributed by atoms with van der Waals surface area (Å²) in [7, 11) is 0. The summed E-state index contributed by atoms with van der Waals surface area (Å²) in [4.78, 5) is 24.9. The number of benzene rings is 2. The van der Waals surface area contributed by atoms with Crippen LogP contribution in [0.4, 0.5) is 17.1 Å². The molecule has 0 spiro atoms. The summed E-state index contributed by atoms with van der Waals surface area (Å²) in [6.45, 7) is 1.69. The first-order valence-electron chi connectivity index (χ1n) is 9.45. The molecule has 0 aliphatic heterocycles. The van der Waals surface area contributed by atoms with Gasteiger partial charge in [0.2, 0.25) is 5.91 Å². The van der Waals surface area contributed by atoms with Gasteiger partial charge < -0.3 is 10.6 Å². The normalized spacial score (nSPS) is 13.6. The van der Waals surface area contributed by atoms with Crippen molar-refractivity contribution < 1.29 is 4.79 Å². The highest BCUT2D eigenvalue weighted by atomic mass is 16.2. The summed E-state index contributed by atoms with van der Waals surface area (Å²) >= 11 is 0. The van der Waals surface area contributed by atoms with Crippen LogP contribution < -0.4 is 16.2 Å². The Labute approximate surface area is 163 Å². The molecule has 0 saturated heterocycles. The van der Waals surface area contributed by atoms with E-state index in [9.17, 15) is 9.59 Å². The number of carbonyl (C=O) groups excluding carboxylic acids is 1. The standard InChI is InChI=1S/C22H22N4O2/c1-15(26-21(27)14-16-6-5-9-20(16)25-26)22(28)24-19-12-10-18(11-13-19)23-17-7-3-2-4-8-17/h2-4,7-8,10-15,23H,5-6,9H2,1H3,(H,24,28). The largest absolute Gasteiger partial charge is 0.356 e. The minimum absolute atomic E-state index is 0.231. The molecule has 1 heterocycles. The highest BCUT2D eigenvalue weighted by Gasteiger charge is 2.21. The van der Waals surface area contributed by atoms with E-state index in [1.54, 1.807) is 13.0 Å². The van der Waals surface area contributed by atoms with Gasteiger partial charge in [-0.25, -0.2) is 4.68 Å². The van der Waals surface area contributed by atoms with Gasteiger partial charge in [0.15, 0.2) is 0 Å². The molecule has 1 aromatic heterocycles. The molecule has 1 aliphatic rings. The van der Waals surface area contributed by atoms with E-state index in [1.165, 1.54) is 4.68 Å². The van der Waals surface area contributed by atoms with Gasteiger partial charge in [-0.2, -0.15) is 5.10 Å². The number of anilines is 3. The van der Waals surface area contributed by atoms with Crippen molar-refractivity contribution in [2.75, 3.05) is 10.6 Å². The number of rotatable bonds is 5. The van der Waals surface area contributed by atoms with Crippen LogP contribution in [0.5, 0.6) is 0 Å². The number of fused-ring (bicyclic) bond motifs is 1. The molecule has 0 fully saturated rings. The van der Waals surface area contributed by atoms with Crippen LogP contribution in [0.2, 0.25) is 0 Å². The second kappa shape index (κ2) is 7.68. The van der Waals surface area contributed by atoms with Crippen molar-refractivity contribution in [2.24, 2.45) is 0 Å². The van der Waals surface area contributed by atoms with Crippen molar-refractivity contribution in [2.45, 2.75) is 32.2 Å². The first-order valence-corrected chi connectivity index (χ1v) is 9.45. The van der Waals surface area contributed by atoms with Gasteiger partial charge in [-0.3, -0.25) is 9.59 Å². The van der Waals surface area contributed by atoms with Crippen molar-refractivity contribution in [3.8, 4) is 0 Å². The molecule has 6 nitrogen and oxygen atoms in total. The van der Waals surface area contributed by atoms with Gasteiger partial charge >= 0.3 is 0 Å². The van der Waals surface area contributed by atoms with Gasteiger partial charge in [-0.1, -0.05) is 18.2 Å². The van der Waals surface area contributed by atoms with Crippen LogP contribution in [0.3, 0.4) is 0 Å². The zero-order chi connectivity index (χ0) is 19.5. The third kappa shape index (κ3) is 3.81. The Hall–Kier alpha value is -3.41. The predicted molar refractivity (Wildman–Crippen MR) is 110 cm³/mol. The topological polar surface area (TPSA) is 76.0 Å². The Kier molecular flexibility index (Phi) is 4.93. The number of hydrogen-bond donors (Lipinski definition) is 2. The fourth-order valence-electron chi connectivity index (χ4n) is 3.38. The van der Waals surface area contributed by atoms with E-state index in [0.29, 0.717) is 5.69 Å². The van der Waals surface area contributed by atoms with E-state index < -0.39 is 6.04 Å². The second-order valence-corrected chi connectivity index (χ2v) is 6.99. The molecule has 3 aromatic rings. The Balaban J connectivity index is 1.44. The highest BCUT2D eigenvalue weighted by molar-refractivity contribution is 5.93. The molecule has 4 rings (SSSR count). The predicted octanol–water partition coefficient (Wildman–Crippen LogP) is 3.68. The van der Waals surface area contributed by atoms with Crippen LogP contribution in [0.1, 0.15) is 30.6 Å². The third-order valence-electron chi connectivity index (χ3n) is 4.94. The zero-order valence-corrected chi connectivity index (χ0v) is 15.7. The summed E-state index contributed by atoms with van der Waals surface area (Å²) in [6, 6.07) is 18.2. The number of nitrogens with zero attached hydrogens (tertiary/aromatic N) is 2. The molecule has 0 saturated carbocycles. The summed E-state index contributed by atoms with van der Waals surface area (Å²) in [5.41, 5.74) is 4.30. The van der Waals surface area contributed by atoms with Crippen molar-refractivity contribution in [1.29, 1.82) is 0 Å². The van der Waals surface area contributed by atoms with E-state index in [1.807, 2.05) is 54.6 Å². The summed E-state index contributed by atoms with van der Waals surface area (Å²) in [5, 5.41) is 10.6. The lowest BCUT2D eigenvalue weighted by molar-refractivity contribution is -0.119. The van der Waals surface area contributed by atoms with Crippen molar-refractivity contribution >= 4 is 23.0 Å². The summed E-state index contributed by atoms with van der Waals surface area (Å²) in [6.07, 6.45) is 2.76. The Bertz CT molecular complexity index is 1040. The SMILES string of the molecule is CC(C(=O)Nc1ccc(Nc2ccccc2)cc1)n1nc2c(cc1=O)CCC2. The first-order chi connectivity index (χ1) is 13.6.